The summed E-state index contributed by atoms with van der Waals surface area (Å²) < 4.78 is 37.8. The van der Waals surface area contributed by atoms with Crippen LogP contribution in [0.3, 0.4) is 0 Å². The fraction of sp³-hybridized carbons (Fsp3) is 0.115. The average molecular weight is 477 g/mol. The Labute approximate surface area is 200 Å². The van der Waals surface area contributed by atoms with Crippen molar-refractivity contribution in [3.8, 4) is 17.6 Å². The summed E-state index contributed by atoms with van der Waals surface area (Å²) >= 11 is 0. The van der Waals surface area contributed by atoms with Gasteiger partial charge in [0, 0.05) is 5.69 Å². The summed E-state index contributed by atoms with van der Waals surface area (Å²) in [7, 11) is 0. The molecule has 178 valence electrons. The van der Waals surface area contributed by atoms with Crippen molar-refractivity contribution in [2.24, 2.45) is 0 Å². The highest BCUT2D eigenvalue weighted by molar-refractivity contribution is 6.09. The third-order valence-electron chi connectivity index (χ3n) is 4.55. The van der Waals surface area contributed by atoms with E-state index in [1.54, 1.807) is 25.1 Å². The summed E-state index contributed by atoms with van der Waals surface area (Å²) in [6, 6.07) is 17.4. The molecule has 0 bridgehead atoms. The minimum Gasteiger partial charge on any atom is -0.490 e. The normalized spacial score (nSPS) is 10.7. The zero-order valence-corrected chi connectivity index (χ0v) is 18.7. The summed E-state index contributed by atoms with van der Waals surface area (Å²) in [4.78, 5) is 24.6. The number of carbonyl (C=O) groups excluding carboxylic acids is 2. The van der Waals surface area contributed by atoms with E-state index in [0.29, 0.717) is 17.9 Å². The summed E-state index contributed by atoms with van der Waals surface area (Å²) in [5, 5.41) is 14.4. The number of hydrogen-bond acceptors (Lipinski definition) is 5. The Bertz CT molecular complexity index is 1280. The van der Waals surface area contributed by atoms with Crippen molar-refractivity contribution in [2.45, 2.75) is 6.92 Å². The van der Waals surface area contributed by atoms with E-state index in [9.17, 15) is 23.6 Å². The second kappa shape index (κ2) is 12.0. The third kappa shape index (κ3) is 7.14. The van der Waals surface area contributed by atoms with Gasteiger partial charge >= 0.3 is 0 Å². The Hall–Kier alpha value is -4.71. The smallest absolute Gasteiger partial charge is 0.266 e. The van der Waals surface area contributed by atoms with Crippen molar-refractivity contribution in [3.63, 3.8) is 0 Å². The van der Waals surface area contributed by atoms with Crippen molar-refractivity contribution >= 4 is 29.3 Å². The first-order chi connectivity index (χ1) is 16.9. The van der Waals surface area contributed by atoms with Gasteiger partial charge in [0.2, 0.25) is 0 Å². The Morgan fingerprint density at radius 2 is 1.71 bits per heavy atom. The van der Waals surface area contributed by atoms with E-state index < -0.39 is 30.1 Å². The van der Waals surface area contributed by atoms with Gasteiger partial charge in [-0.3, -0.25) is 9.59 Å². The van der Waals surface area contributed by atoms with Crippen molar-refractivity contribution in [2.75, 3.05) is 23.8 Å². The number of nitrogens with one attached hydrogen (secondary N) is 2. The molecule has 7 nitrogen and oxygen atoms in total. The SMILES string of the molecule is CCOc1cc(C=C(C#N)C(=O)Nc2ccc(F)cc2)ccc1OCC(=O)Nc1ccccc1F. The second-order valence-corrected chi connectivity index (χ2v) is 7.09. The molecule has 3 aromatic rings. The molecule has 0 heterocycles. The van der Waals surface area contributed by atoms with E-state index in [1.807, 2.05) is 6.07 Å². The van der Waals surface area contributed by atoms with E-state index in [2.05, 4.69) is 10.6 Å². The highest BCUT2D eigenvalue weighted by Gasteiger charge is 2.13. The first kappa shape index (κ1) is 24.9. The highest BCUT2D eigenvalue weighted by atomic mass is 19.1. The first-order valence-electron chi connectivity index (χ1n) is 10.5. The van der Waals surface area contributed by atoms with Crippen LogP contribution in [0, 0.1) is 23.0 Å². The maximum atomic E-state index is 13.7. The van der Waals surface area contributed by atoms with Crippen LogP contribution in [-0.4, -0.2) is 25.0 Å². The van der Waals surface area contributed by atoms with Crippen molar-refractivity contribution in [3.05, 3.63) is 89.5 Å². The minimum absolute atomic E-state index is 0.0366. The summed E-state index contributed by atoms with van der Waals surface area (Å²) in [5.74, 6) is -1.70. The molecule has 3 aromatic carbocycles. The lowest BCUT2D eigenvalue weighted by atomic mass is 10.1. The largest absolute Gasteiger partial charge is 0.490 e. The van der Waals surface area contributed by atoms with E-state index in [0.717, 1.165) is 0 Å². The zero-order valence-electron chi connectivity index (χ0n) is 18.7. The van der Waals surface area contributed by atoms with Crippen LogP contribution < -0.4 is 20.1 Å². The van der Waals surface area contributed by atoms with Crippen LogP contribution in [0.5, 0.6) is 11.5 Å². The number of nitrogens with zero attached hydrogens (tertiary/aromatic N) is 1. The number of para-hydroxylation sites is 1. The standard InChI is InChI=1S/C26H21F2N3O4/c1-2-34-24-14-17(13-18(15-29)26(33)30-20-10-8-19(27)9-11-20)7-12-23(24)35-16-25(32)31-22-6-4-3-5-21(22)28/h3-14H,2,16H2,1H3,(H,30,33)(H,31,32). The molecular formula is C26H21F2N3O4. The molecule has 0 aromatic heterocycles. The quantitative estimate of drug-likeness (QED) is 0.336. The molecule has 0 unspecified atom stereocenters. The average Bonchev–Trinajstić information content (AvgIpc) is 2.85. The van der Waals surface area contributed by atoms with Crippen LogP contribution >= 0.6 is 0 Å². The lowest BCUT2D eigenvalue weighted by molar-refractivity contribution is -0.118. The summed E-state index contributed by atoms with van der Waals surface area (Å²) in [5.41, 5.74) is 0.664. The van der Waals surface area contributed by atoms with E-state index in [1.165, 1.54) is 54.6 Å². The maximum Gasteiger partial charge on any atom is 0.266 e. The number of anilines is 2. The summed E-state index contributed by atoms with van der Waals surface area (Å²) in [6.45, 7) is 1.66. The number of nitriles is 1. The lowest BCUT2D eigenvalue weighted by Gasteiger charge is -2.13. The molecule has 3 rings (SSSR count). The predicted octanol–water partition coefficient (Wildman–Crippen LogP) is 4.93. The topological polar surface area (TPSA) is 100 Å². The molecule has 0 aliphatic heterocycles. The van der Waals surface area contributed by atoms with Gasteiger partial charge in [-0.2, -0.15) is 5.26 Å². The molecule has 0 fully saturated rings. The summed E-state index contributed by atoms with van der Waals surface area (Å²) in [6.07, 6.45) is 1.36. The van der Waals surface area contributed by atoms with Crippen LogP contribution in [0.25, 0.3) is 6.08 Å². The van der Waals surface area contributed by atoms with Crippen LogP contribution in [0.1, 0.15) is 12.5 Å². The highest BCUT2D eigenvalue weighted by Crippen LogP contribution is 2.29. The number of ether oxygens (including phenoxy) is 2. The van der Waals surface area contributed by atoms with Crippen LogP contribution in [-0.2, 0) is 9.59 Å². The number of rotatable bonds is 9. The number of hydrogen-bond donors (Lipinski definition) is 2. The van der Waals surface area contributed by atoms with Crippen LogP contribution in [0.2, 0.25) is 0 Å². The molecule has 0 atom stereocenters. The van der Waals surface area contributed by atoms with Gasteiger partial charge in [-0.15, -0.1) is 0 Å². The second-order valence-electron chi connectivity index (χ2n) is 7.09. The zero-order chi connectivity index (χ0) is 25.2. The van der Waals surface area contributed by atoms with Gasteiger partial charge in [0.25, 0.3) is 11.8 Å². The van der Waals surface area contributed by atoms with Crippen molar-refractivity contribution < 1.29 is 27.8 Å². The number of halogens is 2. The van der Waals surface area contributed by atoms with E-state index in [-0.39, 0.29) is 22.8 Å². The molecule has 0 radical (unpaired) electrons. The van der Waals surface area contributed by atoms with Gasteiger partial charge < -0.3 is 20.1 Å². The van der Waals surface area contributed by atoms with Gasteiger partial charge in [0.15, 0.2) is 18.1 Å². The van der Waals surface area contributed by atoms with Crippen molar-refractivity contribution in [1.29, 1.82) is 5.26 Å². The van der Waals surface area contributed by atoms with Crippen molar-refractivity contribution in [1.82, 2.24) is 0 Å². The van der Waals surface area contributed by atoms with Crippen LogP contribution in [0.4, 0.5) is 20.2 Å². The van der Waals surface area contributed by atoms with Gasteiger partial charge in [-0.05, 0) is 67.1 Å². The molecule has 0 spiro atoms. The molecule has 0 aliphatic rings. The fourth-order valence-electron chi connectivity index (χ4n) is 2.94. The molecule has 2 N–H and O–H groups in total. The molecular weight excluding hydrogens is 456 g/mol. The van der Waals surface area contributed by atoms with Gasteiger partial charge in [-0.25, -0.2) is 8.78 Å². The fourth-order valence-corrected chi connectivity index (χ4v) is 2.94. The van der Waals surface area contributed by atoms with Gasteiger partial charge in [0.1, 0.15) is 23.3 Å². The Kier molecular flexibility index (Phi) is 8.51. The molecule has 0 saturated carbocycles. The van der Waals surface area contributed by atoms with E-state index >= 15 is 0 Å². The first-order valence-corrected chi connectivity index (χ1v) is 10.5. The third-order valence-corrected chi connectivity index (χ3v) is 4.55. The van der Waals surface area contributed by atoms with Crippen LogP contribution in [0.15, 0.2) is 72.3 Å². The predicted molar refractivity (Wildman–Crippen MR) is 127 cm³/mol. The van der Waals surface area contributed by atoms with E-state index in [4.69, 9.17) is 9.47 Å². The molecule has 9 heteroatoms. The maximum absolute atomic E-state index is 13.7. The number of benzene rings is 3. The molecule has 2 amide bonds. The number of amides is 2. The Morgan fingerprint density at radius 3 is 2.40 bits per heavy atom. The van der Waals surface area contributed by atoms with Gasteiger partial charge in [0.05, 0.1) is 12.3 Å². The number of carbonyl (C=O) groups is 2. The Morgan fingerprint density at radius 1 is 0.971 bits per heavy atom. The molecule has 35 heavy (non-hydrogen) atoms. The monoisotopic (exact) mass is 477 g/mol. The Balaban J connectivity index is 1.71. The van der Waals surface area contributed by atoms with Gasteiger partial charge in [-0.1, -0.05) is 18.2 Å². The molecule has 0 saturated heterocycles. The lowest BCUT2D eigenvalue weighted by Crippen LogP contribution is -2.21. The molecule has 0 aliphatic carbocycles. The minimum atomic E-state index is -0.665.